The average molecular weight is 358 g/mol. The second-order valence-corrected chi connectivity index (χ2v) is 6.87. The highest BCUT2D eigenvalue weighted by molar-refractivity contribution is 7.99. The summed E-state index contributed by atoms with van der Waals surface area (Å²) < 4.78 is 0. The number of aryl methyl sites for hydroxylation is 1. The van der Waals surface area contributed by atoms with Crippen molar-refractivity contribution in [3.05, 3.63) is 52.2 Å². The van der Waals surface area contributed by atoms with E-state index in [0.717, 1.165) is 5.56 Å². The molecule has 0 saturated heterocycles. The number of nitrogens with zero attached hydrogens (tertiary/aromatic N) is 2. The number of amides is 2. The van der Waals surface area contributed by atoms with Gasteiger partial charge < -0.3 is 0 Å². The molecule has 2 amide bonds. The molecule has 3 rings (SSSR count). The predicted octanol–water partition coefficient (Wildman–Crippen LogP) is 2.89. The number of nitrogens with one attached hydrogen (secondary N) is 2. The molecule has 2 N–H and O–H groups in total. The lowest BCUT2D eigenvalue weighted by molar-refractivity contribution is -0.117. The smallest absolute Gasteiger partial charge is 0.267 e. The van der Waals surface area contributed by atoms with E-state index in [1.54, 1.807) is 17.5 Å². The van der Waals surface area contributed by atoms with Gasteiger partial charge in [0.25, 0.3) is 5.91 Å². The Hall–Kier alpha value is -2.45. The lowest BCUT2D eigenvalue weighted by Crippen LogP contribution is -2.31. The van der Waals surface area contributed by atoms with Crippen LogP contribution in [0.4, 0.5) is 0 Å². The van der Waals surface area contributed by atoms with Crippen molar-refractivity contribution < 1.29 is 9.59 Å². The molecule has 1 aromatic carbocycles. The summed E-state index contributed by atoms with van der Waals surface area (Å²) >= 11 is 2.46. The number of H-pyrrole nitrogens is 1. The molecule has 0 radical (unpaired) electrons. The van der Waals surface area contributed by atoms with Gasteiger partial charge in [-0.05, 0) is 18.4 Å². The number of thioether (sulfide) groups is 1. The fourth-order valence-electron chi connectivity index (χ4n) is 1.91. The van der Waals surface area contributed by atoms with Gasteiger partial charge in [-0.2, -0.15) is 0 Å². The molecule has 6 nitrogen and oxygen atoms in total. The molecular formula is C16H14N4O2S2. The molecule has 24 heavy (non-hydrogen) atoms. The zero-order chi connectivity index (χ0) is 16.9. The minimum Gasteiger partial charge on any atom is -0.291 e. The first-order chi connectivity index (χ1) is 11.6. The van der Waals surface area contributed by atoms with Crippen LogP contribution in [0.15, 0.2) is 46.9 Å². The van der Waals surface area contributed by atoms with Crippen LogP contribution >= 0.6 is 23.1 Å². The van der Waals surface area contributed by atoms with E-state index in [0.29, 0.717) is 15.9 Å². The van der Waals surface area contributed by atoms with Crippen LogP contribution in [0.25, 0.3) is 11.4 Å². The van der Waals surface area contributed by atoms with Crippen molar-refractivity contribution in [3.63, 3.8) is 0 Å². The third kappa shape index (κ3) is 4.09. The van der Waals surface area contributed by atoms with Crippen LogP contribution < -0.4 is 5.32 Å². The van der Waals surface area contributed by atoms with Gasteiger partial charge in [-0.15, -0.1) is 16.4 Å². The van der Waals surface area contributed by atoms with Crippen LogP contribution in [-0.2, 0) is 4.79 Å². The molecule has 8 heteroatoms. The second kappa shape index (κ2) is 7.41. The van der Waals surface area contributed by atoms with E-state index in [2.05, 4.69) is 20.5 Å². The van der Waals surface area contributed by atoms with E-state index in [9.17, 15) is 9.59 Å². The zero-order valence-corrected chi connectivity index (χ0v) is 14.4. The number of imide groups is 1. The Labute approximate surface area is 146 Å². The molecule has 2 heterocycles. The number of hydrogen-bond donors (Lipinski definition) is 2. The number of rotatable bonds is 5. The van der Waals surface area contributed by atoms with E-state index in [-0.39, 0.29) is 17.6 Å². The minimum atomic E-state index is -0.383. The fourth-order valence-corrected chi connectivity index (χ4v) is 3.13. The highest BCUT2D eigenvalue weighted by Crippen LogP contribution is 2.19. The summed E-state index contributed by atoms with van der Waals surface area (Å²) in [5, 5.41) is 11.5. The van der Waals surface area contributed by atoms with E-state index in [1.807, 2.05) is 31.2 Å². The first-order valence-corrected chi connectivity index (χ1v) is 8.98. The lowest BCUT2D eigenvalue weighted by atomic mass is 10.1. The van der Waals surface area contributed by atoms with Crippen molar-refractivity contribution >= 4 is 34.9 Å². The van der Waals surface area contributed by atoms with Crippen molar-refractivity contribution in [2.24, 2.45) is 0 Å². The summed E-state index contributed by atoms with van der Waals surface area (Å²) in [6.07, 6.45) is 0. The molecule has 3 aromatic rings. The van der Waals surface area contributed by atoms with Gasteiger partial charge in [-0.1, -0.05) is 47.7 Å². The summed E-state index contributed by atoms with van der Waals surface area (Å²) in [7, 11) is 0. The Bertz CT molecular complexity index is 841. The molecule has 0 spiro atoms. The Morgan fingerprint density at radius 3 is 2.75 bits per heavy atom. The van der Waals surface area contributed by atoms with Crippen LogP contribution in [0.5, 0.6) is 0 Å². The van der Waals surface area contributed by atoms with Gasteiger partial charge in [0.15, 0.2) is 5.82 Å². The molecule has 0 bridgehead atoms. The van der Waals surface area contributed by atoms with Crippen molar-refractivity contribution in [2.75, 3.05) is 5.75 Å². The SMILES string of the molecule is Cc1ccc(-c2nc(SCC(=O)NC(=O)c3cccs3)n[nH]2)cc1. The number of benzene rings is 1. The molecule has 0 atom stereocenters. The third-order valence-electron chi connectivity index (χ3n) is 3.12. The number of carbonyl (C=O) groups excluding carboxylic acids is 2. The standard InChI is InChI=1S/C16H14N4O2S2/c1-10-4-6-11(7-5-10)14-18-16(20-19-14)24-9-13(21)17-15(22)12-3-2-8-23-12/h2-8H,9H2,1H3,(H,17,21,22)(H,18,19,20). The van der Waals surface area contributed by atoms with Crippen molar-refractivity contribution in [3.8, 4) is 11.4 Å². The van der Waals surface area contributed by atoms with Crippen LogP contribution in [0, 0.1) is 6.92 Å². The number of aromatic amines is 1. The quantitative estimate of drug-likeness (QED) is 0.685. The largest absolute Gasteiger partial charge is 0.291 e. The number of carbonyl (C=O) groups is 2. The molecule has 2 aromatic heterocycles. The summed E-state index contributed by atoms with van der Waals surface area (Å²) in [6.45, 7) is 2.02. The molecule has 0 saturated carbocycles. The second-order valence-electron chi connectivity index (χ2n) is 4.98. The van der Waals surface area contributed by atoms with E-state index in [4.69, 9.17) is 0 Å². The number of hydrogen-bond acceptors (Lipinski definition) is 6. The summed E-state index contributed by atoms with van der Waals surface area (Å²) in [5.74, 6) is -0.0407. The number of thiophene rings is 1. The molecule has 0 aliphatic carbocycles. The Balaban J connectivity index is 1.54. The highest BCUT2D eigenvalue weighted by atomic mass is 32.2. The lowest BCUT2D eigenvalue weighted by Gasteiger charge is -2.00. The maximum Gasteiger partial charge on any atom is 0.267 e. The summed E-state index contributed by atoms with van der Waals surface area (Å²) in [4.78, 5) is 28.5. The summed E-state index contributed by atoms with van der Waals surface area (Å²) in [6, 6.07) is 11.3. The predicted molar refractivity (Wildman–Crippen MR) is 94.1 cm³/mol. The van der Waals surface area contributed by atoms with Crippen LogP contribution in [0.2, 0.25) is 0 Å². The molecule has 0 aliphatic rings. The zero-order valence-electron chi connectivity index (χ0n) is 12.8. The maximum atomic E-state index is 11.8. The van der Waals surface area contributed by atoms with Gasteiger partial charge in [0.05, 0.1) is 10.6 Å². The molecule has 0 fully saturated rings. The van der Waals surface area contributed by atoms with Gasteiger partial charge in [-0.3, -0.25) is 20.0 Å². The first-order valence-electron chi connectivity index (χ1n) is 7.12. The monoisotopic (exact) mass is 358 g/mol. The molecular weight excluding hydrogens is 344 g/mol. The Morgan fingerprint density at radius 2 is 2.04 bits per heavy atom. The normalized spacial score (nSPS) is 10.5. The highest BCUT2D eigenvalue weighted by Gasteiger charge is 2.13. The van der Waals surface area contributed by atoms with Crippen LogP contribution in [0.1, 0.15) is 15.2 Å². The van der Waals surface area contributed by atoms with Crippen molar-refractivity contribution in [2.45, 2.75) is 12.1 Å². The first kappa shape index (κ1) is 16.4. The van der Waals surface area contributed by atoms with Gasteiger partial charge in [0.1, 0.15) is 0 Å². The average Bonchev–Trinajstić information content (AvgIpc) is 3.25. The van der Waals surface area contributed by atoms with E-state index >= 15 is 0 Å². The number of aromatic nitrogens is 3. The maximum absolute atomic E-state index is 11.8. The van der Waals surface area contributed by atoms with Gasteiger partial charge in [-0.25, -0.2) is 4.98 Å². The van der Waals surface area contributed by atoms with Crippen LogP contribution in [-0.4, -0.2) is 32.7 Å². The molecule has 0 aliphatic heterocycles. The van der Waals surface area contributed by atoms with Gasteiger partial charge >= 0.3 is 0 Å². The molecule has 0 unspecified atom stereocenters. The topological polar surface area (TPSA) is 87.7 Å². The third-order valence-corrected chi connectivity index (χ3v) is 4.84. The van der Waals surface area contributed by atoms with E-state index < -0.39 is 0 Å². The minimum absolute atomic E-state index is 0.0717. The van der Waals surface area contributed by atoms with Gasteiger partial charge in [0.2, 0.25) is 11.1 Å². The Morgan fingerprint density at radius 1 is 1.25 bits per heavy atom. The van der Waals surface area contributed by atoms with Crippen LogP contribution in [0.3, 0.4) is 0 Å². The fraction of sp³-hybridized carbons (Fsp3) is 0.125. The summed E-state index contributed by atoms with van der Waals surface area (Å²) in [5.41, 5.74) is 2.09. The van der Waals surface area contributed by atoms with E-state index in [1.165, 1.54) is 28.7 Å². The van der Waals surface area contributed by atoms with Gasteiger partial charge in [0, 0.05) is 5.56 Å². The van der Waals surface area contributed by atoms with Crippen molar-refractivity contribution in [1.82, 2.24) is 20.5 Å². The molecule has 122 valence electrons. The van der Waals surface area contributed by atoms with Crippen molar-refractivity contribution in [1.29, 1.82) is 0 Å². The Kier molecular flexibility index (Phi) is 5.07.